The van der Waals surface area contributed by atoms with Crippen molar-refractivity contribution in [3.8, 4) is 11.5 Å². The molecule has 3 aliphatic rings. The number of carboxylic acids is 4. The Morgan fingerprint density at radius 1 is 0.721 bits per heavy atom. The number of aromatic hydroxyl groups is 2. The smallest absolute Gasteiger partial charge is 0.322 e. The number of carboxylic acid groups (broad SMARTS) is 4. The van der Waals surface area contributed by atoms with Crippen LogP contribution in [0.15, 0.2) is 9.79 Å². The van der Waals surface area contributed by atoms with Crippen LogP contribution in [0.5, 0.6) is 11.5 Å². The van der Waals surface area contributed by atoms with Crippen LogP contribution in [0.4, 0.5) is 0 Å². The Balaban J connectivity index is 1.72. The zero-order valence-corrected chi connectivity index (χ0v) is 34.9. The van der Waals surface area contributed by atoms with Crippen LogP contribution in [0, 0.1) is 17.3 Å². The van der Waals surface area contributed by atoms with Gasteiger partial charge in [0.05, 0.1) is 9.79 Å². The van der Waals surface area contributed by atoms with Gasteiger partial charge in [-0.15, -0.1) is 23.5 Å². The molecule has 61 heavy (non-hydrogen) atoms. The zero-order chi connectivity index (χ0) is 45.3. The minimum Gasteiger partial charge on any atom is -0.503 e. The summed E-state index contributed by atoms with van der Waals surface area (Å²) in [6.07, 6.45) is 1.74. The van der Waals surface area contributed by atoms with Crippen molar-refractivity contribution < 1.29 is 73.8 Å². The van der Waals surface area contributed by atoms with E-state index in [9.17, 15) is 58.5 Å². The van der Waals surface area contributed by atoms with Gasteiger partial charge in [-0.05, 0) is 73.8 Å². The first-order valence-corrected chi connectivity index (χ1v) is 21.6. The number of rotatable bonds is 22. The van der Waals surface area contributed by atoms with Crippen molar-refractivity contribution in [2.45, 2.75) is 111 Å². The number of Topliss-reactive ketones (excluding diaryl/α,β-unsaturated/α-hetero) is 1. The minimum absolute atomic E-state index is 0.00887. The molecule has 23 heteroatoms. The summed E-state index contributed by atoms with van der Waals surface area (Å²) in [5, 5.41) is 69.3. The third kappa shape index (κ3) is 12.0. The van der Waals surface area contributed by atoms with E-state index in [-0.39, 0.29) is 70.5 Å². The van der Waals surface area contributed by atoms with Gasteiger partial charge in [-0.2, -0.15) is 0 Å². The molecular formula is C38H52N6O15S2. The molecule has 4 amide bonds. The number of carbonyl (C=O) groups is 9. The average Bonchev–Trinajstić information content (AvgIpc) is 3.51. The van der Waals surface area contributed by atoms with Crippen LogP contribution in [0.3, 0.4) is 0 Å². The van der Waals surface area contributed by atoms with Gasteiger partial charge in [-0.3, -0.25) is 43.2 Å². The molecule has 336 valence electrons. The number of thioether (sulfide) groups is 2. The summed E-state index contributed by atoms with van der Waals surface area (Å²) in [5.74, 6) is -10.6. The predicted molar refractivity (Wildman–Crippen MR) is 216 cm³/mol. The Bertz CT molecular complexity index is 1930. The molecule has 0 spiro atoms. The van der Waals surface area contributed by atoms with Crippen LogP contribution in [0.1, 0.15) is 81.8 Å². The Hall–Kier alpha value is -5.13. The van der Waals surface area contributed by atoms with Crippen LogP contribution < -0.4 is 32.7 Å². The fraction of sp³-hybridized carbons (Fsp3) is 0.605. The van der Waals surface area contributed by atoms with Gasteiger partial charge < -0.3 is 63.4 Å². The van der Waals surface area contributed by atoms with Gasteiger partial charge in [0.1, 0.15) is 43.0 Å². The lowest BCUT2D eigenvalue weighted by atomic mass is 9.55. The summed E-state index contributed by atoms with van der Waals surface area (Å²) in [4.78, 5) is 110. The van der Waals surface area contributed by atoms with Crippen molar-refractivity contribution in [1.82, 2.24) is 21.3 Å². The molecule has 4 rings (SSSR count). The average molecular weight is 897 g/mol. The van der Waals surface area contributed by atoms with Crippen molar-refractivity contribution >= 4 is 76.8 Å². The Morgan fingerprint density at radius 2 is 1.20 bits per heavy atom. The first-order valence-electron chi connectivity index (χ1n) is 19.6. The Kier molecular flexibility index (Phi) is 16.8. The standard InChI is InChI=1S/C38H52N6O15S2/c1-38-11-10-17-16(19(38)4-7-24(38)45)2-3-18-29(17)33(61-15-23(35(55)42-13-28(50)51)44-26(47)9-6-21(40)37(58)59)31(53)30(52)32(18)60-14-22(34(54)41-12-27(48)49)43-25(46)8-5-20(39)36(56)57/h16-17,19-23,52-53H,2-15,39-40H2,1H3,(H,41,54)(H,42,55)(H,43,46)(H,44,47)(H,48,49)(H,50,51)(H,56,57)(H,58,59)/t16-,17+,19+,20+,21+,22-,23-,38+/m1/s1. The number of hydrogen-bond donors (Lipinski definition) is 12. The van der Waals surface area contributed by atoms with Crippen molar-refractivity contribution in [2.24, 2.45) is 28.7 Å². The normalized spacial score (nSPS) is 22.2. The third-order valence-electron chi connectivity index (χ3n) is 11.7. The highest BCUT2D eigenvalue weighted by Gasteiger charge is 2.55. The fourth-order valence-corrected chi connectivity index (χ4v) is 10.9. The second-order valence-electron chi connectivity index (χ2n) is 15.6. The van der Waals surface area contributed by atoms with E-state index in [2.05, 4.69) is 21.3 Å². The molecule has 3 aliphatic carbocycles. The van der Waals surface area contributed by atoms with E-state index in [1.54, 1.807) is 0 Å². The quantitative estimate of drug-likeness (QED) is 0.0514. The number of fused-ring (bicyclic) bond motifs is 5. The highest BCUT2D eigenvalue weighted by Crippen LogP contribution is 2.63. The van der Waals surface area contributed by atoms with E-state index < -0.39 is 102 Å². The van der Waals surface area contributed by atoms with E-state index >= 15 is 0 Å². The van der Waals surface area contributed by atoms with Crippen LogP contribution in [0.25, 0.3) is 0 Å². The van der Waals surface area contributed by atoms with E-state index in [4.69, 9.17) is 26.8 Å². The lowest BCUT2D eigenvalue weighted by Crippen LogP contribution is -2.49. The number of phenolic OH excluding ortho intramolecular Hbond substituents is 2. The Labute approximate surface area is 357 Å². The maximum Gasteiger partial charge on any atom is 0.322 e. The van der Waals surface area contributed by atoms with Gasteiger partial charge in [0.15, 0.2) is 11.5 Å². The minimum atomic E-state index is -1.41. The first-order chi connectivity index (χ1) is 28.7. The number of nitrogens with two attached hydrogens (primary N) is 2. The number of nitrogens with one attached hydrogen (secondary N) is 4. The number of aliphatic carboxylic acids is 4. The topological polar surface area (TPSA) is 375 Å². The summed E-state index contributed by atoms with van der Waals surface area (Å²) in [6, 6.07) is -5.54. The van der Waals surface area contributed by atoms with E-state index in [0.717, 1.165) is 23.5 Å². The van der Waals surface area contributed by atoms with Gasteiger partial charge >= 0.3 is 23.9 Å². The number of benzene rings is 1. The molecule has 1 aromatic rings. The zero-order valence-electron chi connectivity index (χ0n) is 33.3. The number of carbonyl (C=O) groups excluding carboxylic acids is 5. The molecule has 0 unspecified atom stereocenters. The molecule has 0 aromatic heterocycles. The van der Waals surface area contributed by atoms with Crippen molar-refractivity contribution in [2.75, 3.05) is 24.6 Å². The molecule has 14 N–H and O–H groups in total. The van der Waals surface area contributed by atoms with E-state index in [1.165, 1.54) is 0 Å². The summed E-state index contributed by atoms with van der Waals surface area (Å²) >= 11 is 1.80. The van der Waals surface area contributed by atoms with Crippen molar-refractivity contribution in [3.05, 3.63) is 11.1 Å². The molecule has 0 saturated heterocycles. The predicted octanol–water partition coefficient (Wildman–Crippen LogP) is -0.537. The first kappa shape index (κ1) is 48.5. The van der Waals surface area contributed by atoms with Crippen molar-refractivity contribution in [3.63, 3.8) is 0 Å². The van der Waals surface area contributed by atoms with Crippen LogP contribution in [0.2, 0.25) is 0 Å². The molecule has 21 nitrogen and oxygen atoms in total. The second-order valence-corrected chi connectivity index (χ2v) is 17.7. The van der Waals surface area contributed by atoms with E-state index in [0.29, 0.717) is 49.7 Å². The molecule has 0 heterocycles. The van der Waals surface area contributed by atoms with Crippen LogP contribution >= 0.6 is 23.5 Å². The molecule has 0 radical (unpaired) electrons. The van der Waals surface area contributed by atoms with Gasteiger partial charge in [0, 0.05) is 36.2 Å². The maximum atomic E-state index is 13.2. The van der Waals surface area contributed by atoms with E-state index in [1.807, 2.05) is 6.92 Å². The summed E-state index contributed by atoms with van der Waals surface area (Å²) < 4.78 is 0. The maximum absolute atomic E-state index is 13.2. The monoisotopic (exact) mass is 896 g/mol. The molecule has 8 atom stereocenters. The second kappa shape index (κ2) is 21.1. The number of hydrogen-bond acceptors (Lipinski definition) is 15. The molecule has 2 saturated carbocycles. The van der Waals surface area contributed by atoms with Gasteiger partial charge in [0.25, 0.3) is 0 Å². The highest BCUT2D eigenvalue weighted by atomic mass is 32.2. The lowest BCUT2D eigenvalue weighted by molar-refractivity contribution is -0.140. The highest BCUT2D eigenvalue weighted by molar-refractivity contribution is 8.00. The summed E-state index contributed by atoms with van der Waals surface area (Å²) in [6.45, 7) is 0.390. The van der Waals surface area contributed by atoms with Crippen LogP contribution in [-0.2, 0) is 49.6 Å². The number of ketones is 1. The van der Waals surface area contributed by atoms with Crippen molar-refractivity contribution in [1.29, 1.82) is 0 Å². The largest absolute Gasteiger partial charge is 0.503 e. The third-order valence-corrected chi connectivity index (χ3v) is 14.1. The summed E-state index contributed by atoms with van der Waals surface area (Å²) in [5.41, 5.74) is 11.7. The number of amides is 4. The molecular weight excluding hydrogens is 845 g/mol. The SMILES string of the molecule is C[C@]12CC[C@@H]3c4c(c(SC[C@@H](NC(=O)CC[C@H](N)C(=O)O)C(=O)NCC(=O)O)c(O)c(O)c4SC[C@@H](NC(=O)CC[C@H](N)C(=O)O)C(=O)NCC(=O)O)CC[C@H]3[C@@H]1CCC2=O. The lowest BCUT2D eigenvalue weighted by Gasteiger charge is -2.49. The fourth-order valence-electron chi connectivity index (χ4n) is 8.44. The molecule has 2 fully saturated rings. The molecule has 1 aromatic carbocycles. The van der Waals surface area contributed by atoms with Gasteiger partial charge in [0.2, 0.25) is 23.6 Å². The Morgan fingerprint density at radius 3 is 1.67 bits per heavy atom. The molecule has 0 aliphatic heterocycles. The van der Waals surface area contributed by atoms with Gasteiger partial charge in [-0.1, -0.05) is 6.92 Å². The van der Waals surface area contributed by atoms with Gasteiger partial charge in [-0.25, -0.2) is 0 Å². The summed E-state index contributed by atoms with van der Waals surface area (Å²) in [7, 11) is 0. The number of phenols is 2. The van der Waals surface area contributed by atoms with Crippen LogP contribution in [-0.4, -0.2) is 133 Å². The molecule has 0 bridgehead atoms.